The third-order valence-electron chi connectivity index (χ3n) is 2.47. The van der Waals surface area contributed by atoms with Gasteiger partial charge in [-0.3, -0.25) is 0 Å². The van der Waals surface area contributed by atoms with Gasteiger partial charge < -0.3 is 0 Å². The monoisotopic (exact) mass is 137 g/mol. The maximum atomic E-state index is 3.87. The molecule has 0 aliphatic heterocycles. The first-order valence-corrected chi connectivity index (χ1v) is 4.32. The normalized spacial score (nSPS) is 20.8. The average Bonchev–Trinajstić information content (AvgIpc) is 1.83. The fourth-order valence-corrected chi connectivity index (χ4v) is 1.57. The van der Waals surface area contributed by atoms with Gasteiger partial charge in [-0.15, -0.1) is 0 Å². The molecule has 1 rings (SSSR count). The van der Waals surface area contributed by atoms with Gasteiger partial charge >= 0.3 is 0 Å². The highest BCUT2D eigenvalue weighted by molar-refractivity contribution is 5.08. The van der Waals surface area contributed by atoms with Gasteiger partial charge in [0, 0.05) is 0 Å². The Morgan fingerprint density at radius 1 is 1.60 bits per heavy atom. The van der Waals surface area contributed by atoms with Gasteiger partial charge in [0.25, 0.3) is 0 Å². The Labute approximate surface area is 64.3 Å². The predicted octanol–water partition coefficient (Wildman–Crippen LogP) is 3.35. The lowest BCUT2D eigenvalue weighted by Crippen LogP contribution is -2.13. The Kier molecular flexibility index (Phi) is 2.98. The van der Waals surface area contributed by atoms with Crippen LogP contribution in [0, 0.1) is 12.8 Å². The number of allylic oxidation sites excluding steroid dienone is 2. The Balaban J connectivity index is 2.32. The molecule has 0 aromatic carbocycles. The van der Waals surface area contributed by atoms with Gasteiger partial charge in [-0.1, -0.05) is 25.0 Å². The summed E-state index contributed by atoms with van der Waals surface area (Å²) in [5.41, 5.74) is 1.65. The lowest BCUT2D eigenvalue weighted by Gasteiger charge is -2.28. The van der Waals surface area contributed by atoms with Crippen LogP contribution in [0.3, 0.4) is 0 Å². The summed E-state index contributed by atoms with van der Waals surface area (Å²) < 4.78 is 0. The van der Waals surface area contributed by atoms with Crippen LogP contribution in [0.5, 0.6) is 0 Å². The van der Waals surface area contributed by atoms with E-state index < -0.39 is 0 Å². The minimum Gasteiger partial charge on any atom is -0.0882 e. The van der Waals surface area contributed by atoms with Crippen molar-refractivity contribution in [3.8, 4) is 0 Å². The minimum atomic E-state index is 0.937. The SMILES string of the molecule is [CH2]CCC(=CC)C1CCC1. The van der Waals surface area contributed by atoms with Crippen LogP contribution in [0.25, 0.3) is 0 Å². The molecule has 1 aliphatic carbocycles. The number of hydrogen-bond donors (Lipinski definition) is 0. The van der Waals surface area contributed by atoms with E-state index >= 15 is 0 Å². The number of hydrogen-bond acceptors (Lipinski definition) is 0. The van der Waals surface area contributed by atoms with Crippen LogP contribution in [0.1, 0.15) is 39.0 Å². The first kappa shape index (κ1) is 7.84. The molecular weight excluding hydrogens is 120 g/mol. The third-order valence-corrected chi connectivity index (χ3v) is 2.47. The molecule has 0 saturated heterocycles. The Morgan fingerprint density at radius 3 is 2.60 bits per heavy atom. The number of rotatable bonds is 3. The van der Waals surface area contributed by atoms with Crippen molar-refractivity contribution in [2.24, 2.45) is 5.92 Å². The molecule has 0 unspecified atom stereocenters. The molecule has 0 N–H and O–H groups in total. The van der Waals surface area contributed by atoms with E-state index in [1.165, 1.54) is 25.7 Å². The molecule has 57 valence electrons. The summed E-state index contributed by atoms with van der Waals surface area (Å²) in [5, 5.41) is 0. The first-order valence-electron chi connectivity index (χ1n) is 4.32. The fraction of sp³-hybridized carbons (Fsp3) is 0.700. The minimum absolute atomic E-state index is 0.937. The molecule has 1 radical (unpaired) electrons. The summed E-state index contributed by atoms with van der Waals surface area (Å²) in [5.74, 6) is 0.937. The van der Waals surface area contributed by atoms with E-state index in [0.29, 0.717) is 0 Å². The lowest BCUT2D eigenvalue weighted by atomic mass is 9.78. The highest BCUT2D eigenvalue weighted by atomic mass is 14.2. The molecule has 0 bridgehead atoms. The largest absolute Gasteiger partial charge is 0.0882 e. The summed E-state index contributed by atoms with van der Waals surface area (Å²) >= 11 is 0. The Bertz CT molecular complexity index is 118. The van der Waals surface area contributed by atoms with Crippen molar-refractivity contribution in [2.45, 2.75) is 39.0 Å². The van der Waals surface area contributed by atoms with Crippen molar-refractivity contribution in [3.05, 3.63) is 18.6 Å². The van der Waals surface area contributed by atoms with E-state index in [9.17, 15) is 0 Å². The van der Waals surface area contributed by atoms with Crippen LogP contribution < -0.4 is 0 Å². The van der Waals surface area contributed by atoms with Crippen LogP contribution in [-0.2, 0) is 0 Å². The molecule has 0 heterocycles. The van der Waals surface area contributed by atoms with Gasteiger partial charge in [-0.2, -0.15) is 0 Å². The van der Waals surface area contributed by atoms with Crippen molar-refractivity contribution >= 4 is 0 Å². The van der Waals surface area contributed by atoms with Crippen molar-refractivity contribution in [1.82, 2.24) is 0 Å². The summed E-state index contributed by atoms with van der Waals surface area (Å²) in [7, 11) is 0. The molecule has 0 amide bonds. The summed E-state index contributed by atoms with van der Waals surface area (Å²) in [6.07, 6.45) is 8.88. The zero-order valence-corrected chi connectivity index (χ0v) is 6.90. The fourth-order valence-electron chi connectivity index (χ4n) is 1.57. The average molecular weight is 137 g/mol. The van der Waals surface area contributed by atoms with Gasteiger partial charge in [-0.05, 0) is 38.5 Å². The highest BCUT2D eigenvalue weighted by Gasteiger charge is 2.19. The summed E-state index contributed by atoms with van der Waals surface area (Å²) in [6, 6.07) is 0. The second-order valence-electron chi connectivity index (χ2n) is 3.09. The topological polar surface area (TPSA) is 0 Å². The zero-order valence-electron chi connectivity index (χ0n) is 6.90. The van der Waals surface area contributed by atoms with Crippen molar-refractivity contribution < 1.29 is 0 Å². The van der Waals surface area contributed by atoms with E-state index in [2.05, 4.69) is 19.9 Å². The van der Waals surface area contributed by atoms with Crippen molar-refractivity contribution in [1.29, 1.82) is 0 Å². The van der Waals surface area contributed by atoms with Crippen LogP contribution in [0.15, 0.2) is 11.6 Å². The molecule has 1 fully saturated rings. The standard InChI is InChI=1S/C10H17/c1-3-6-9(4-2)10-7-5-8-10/h4,10H,1,3,5-8H2,2H3. The van der Waals surface area contributed by atoms with Gasteiger partial charge in [0.05, 0.1) is 0 Å². The molecule has 1 saturated carbocycles. The molecule has 0 aromatic heterocycles. The van der Waals surface area contributed by atoms with Crippen LogP contribution in [0.4, 0.5) is 0 Å². The lowest BCUT2D eigenvalue weighted by molar-refractivity contribution is 0.359. The Hall–Kier alpha value is -0.260. The summed E-state index contributed by atoms with van der Waals surface area (Å²) in [6.45, 7) is 6.03. The van der Waals surface area contributed by atoms with Gasteiger partial charge in [-0.25, -0.2) is 0 Å². The second-order valence-corrected chi connectivity index (χ2v) is 3.09. The van der Waals surface area contributed by atoms with E-state index in [0.717, 1.165) is 12.3 Å². The highest BCUT2D eigenvalue weighted by Crippen LogP contribution is 2.34. The molecule has 0 nitrogen and oxygen atoms in total. The van der Waals surface area contributed by atoms with Crippen LogP contribution >= 0.6 is 0 Å². The molecule has 10 heavy (non-hydrogen) atoms. The molecule has 0 atom stereocenters. The molecular formula is C10H17. The molecule has 1 aliphatic rings. The van der Waals surface area contributed by atoms with E-state index in [-0.39, 0.29) is 0 Å². The van der Waals surface area contributed by atoms with E-state index in [1.54, 1.807) is 5.57 Å². The maximum absolute atomic E-state index is 3.87. The van der Waals surface area contributed by atoms with E-state index in [1.807, 2.05) is 0 Å². The zero-order chi connectivity index (χ0) is 7.40. The van der Waals surface area contributed by atoms with E-state index in [4.69, 9.17) is 0 Å². The smallest absolute Gasteiger partial charge is 0.0203 e. The van der Waals surface area contributed by atoms with Crippen LogP contribution in [-0.4, -0.2) is 0 Å². The third kappa shape index (κ3) is 1.62. The Morgan fingerprint density at radius 2 is 2.30 bits per heavy atom. The quantitative estimate of drug-likeness (QED) is 0.523. The first-order chi connectivity index (χ1) is 4.88. The van der Waals surface area contributed by atoms with Crippen molar-refractivity contribution in [3.63, 3.8) is 0 Å². The van der Waals surface area contributed by atoms with Crippen molar-refractivity contribution in [2.75, 3.05) is 0 Å². The molecule has 0 spiro atoms. The second kappa shape index (κ2) is 3.80. The van der Waals surface area contributed by atoms with Gasteiger partial charge in [0.2, 0.25) is 0 Å². The predicted molar refractivity (Wildman–Crippen MR) is 45.7 cm³/mol. The molecule has 0 aromatic rings. The maximum Gasteiger partial charge on any atom is -0.0203 e. The van der Waals surface area contributed by atoms with Crippen LogP contribution in [0.2, 0.25) is 0 Å². The molecule has 0 heteroatoms. The summed E-state index contributed by atoms with van der Waals surface area (Å²) in [4.78, 5) is 0. The van der Waals surface area contributed by atoms with Gasteiger partial charge in [0.1, 0.15) is 0 Å². The van der Waals surface area contributed by atoms with Gasteiger partial charge in [0.15, 0.2) is 0 Å².